The first-order valence-electron chi connectivity index (χ1n) is 7.84. The molecule has 1 amide bonds. The highest BCUT2D eigenvalue weighted by molar-refractivity contribution is 7.10. The van der Waals surface area contributed by atoms with Crippen LogP contribution >= 0.6 is 11.3 Å². The summed E-state index contributed by atoms with van der Waals surface area (Å²) >= 11 is 1.61. The van der Waals surface area contributed by atoms with E-state index in [1.54, 1.807) is 43.8 Å². The molecule has 25 heavy (non-hydrogen) atoms. The highest BCUT2D eigenvalue weighted by Gasteiger charge is 2.21. The zero-order valence-electron chi connectivity index (χ0n) is 14.1. The third-order valence-corrected chi connectivity index (χ3v) is 4.82. The average Bonchev–Trinajstić information content (AvgIpc) is 3.20. The first kappa shape index (κ1) is 17.0. The van der Waals surface area contributed by atoms with Crippen LogP contribution in [0.25, 0.3) is 0 Å². The molecule has 1 atom stereocenters. The van der Waals surface area contributed by atoms with E-state index in [1.165, 1.54) is 0 Å². The van der Waals surface area contributed by atoms with E-state index in [0.717, 1.165) is 10.4 Å². The topological polar surface area (TPSA) is 47.6 Å². The van der Waals surface area contributed by atoms with E-state index in [9.17, 15) is 4.79 Å². The molecule has 0 spiro atoms. The van der Waals surface area contributed by atoms with E-state index < -0.39 is 0 Å². The number of hydrogen-bond donors (Lipinski definition) is 1. The van der Waals surface area contributed by atoms with Gasteiger partial charge in [-0.25, -0.2) is 0 Å². The molecule has 0 saturated carbocycles. The molecule has 0 aliphatic carbocycles. The van der Waals surface area contributed by atoms with Gasteiger partial charge in [-0.15, -0.1) is 11.3 Å². The summed E-state index contributed by atoms with van der Waals surface area (Å²) < 4.78 is 10.6. The fourth-order valence-electron chi connectivity index (χ4n) is 2.62. The minimum atomic E-state index is -0.218. The Balaban J connectivity index is 1.94. The highest BCUT2D eigenvalue weighted by Crippen LogP contribution is 2.28. The van der Waals surface area contributed by atoms with Gasteiger partial charge in [0.25, 0.3) is 5.91 Å². The molecule has 4 nitrogen and oxygen atoms in total. The molecule has 0 radical (unpaired) electrons. The van der Waals surface area contributed by atoms with Crippen molar-refractivity contribution in [3.8, 4) is 11.5 Å². The van der Waals surface area contributed by atoms with Crippen molar-refractivity contribution in [2.75, 3.05) is 14.2 Å². The van der Waals surface area contributed by atoms with Crippen LogP contribution in [0.4, 0.5) is 0 Å². The van der Waals surface area contributed by atoms with Crippen LogP contribution in [-0.2, 0) is 0 Å². The second-order valence-electron chi connectivity index (χ2n) is 5.40. The summed E-state index contributed by atoms with van der Waals surface area (Å²) in [7, 11) is 3.12. The smallest absolute Gasteiger partial charge is 0.255 e. The second-order valence-corrected chi connectivity index (χ2v) is 6.38. The Morgan fingerprint density at radius 2 is 1.80 bits per heavy atom. The largest absolute Gasteiger partial charge is 0.497 e. The van der Waals surface area contributed by atoms with Gasteiger partial charge in [-0.05, 0) is 35.2 Å². The zero-order chi connectivity index (χ0) is 17.6. The Morgan fingerprint density at radius 1 is 1.00 bits per heavy atom. The molecule has 0 aliphatic rings. The quantitative estimate of drug-likeness (QED) is 0.719. The monoisotopic (exact) mass is 353 g/mol. The van der Waals surface area contributed by atoms with Crippen LogP contribution in [0.3, 0.4) is 0 Å². The Labute approximate surface area is 151 Å². The maximum Gasteiger partial charge on any atom is 0.255 e. The lowest BCUT2D eigenvalue weighted by molar-refractivity contribution is 0.0940. The Hall–Kier alpha value is -2.79. The number of ether oxygens (including phenoxy) is 2. The fraction of sp³-hybridized carbons (Fsp3) is 0.150. The fourth-order valence-corrected chi connectivity index (χ4v) is 3.42. The standard InChI is InChI=1S/C20H19NO3S/c1-23-15-10-11-17(24-2)16(13-15)20(22)21-19(18-9-6-12-25-18)14-7-4-3-5-8-14/h3-13,19H,1-2H3,(H,21,22). The van der Waals surface area contributed by atoms with Gasteiger partial charge in [0.05, 0.1) is 25.8 Å². The second kappa shape index (κ2) is 7.85. The predicted molar refractivity (Wildman–Crippen MR) is 99.6 cm³/mol. The summed E-state index contributed by atoms with van der Waals surface area (Å²) in [4.78, 5) is 14.0. The summed E-state index contributed by atoms with van der Waals surface area (Å²) in [6, 6.07) is 18.9. The third kappa shape index (κ3) is 3.83. The van der Waals surface area contributed by atoms with Crippen LogP contribution in [0.5, 0.6) is 11.5 Å². The van der Waals surface area contributed by atoms with Crippen LogP contribution in [0.1, 0.15) is 26.8 Å². The molecule has 2 aromatic carbocycles. The van der Waals surface area contributed by atoms with Gasteiger partial charge >= 0.3 is 0 Å². The van der Waals surface area contributed by atoms with Gasteiger partial charge in [0, 0.05) is 4.88 Å². The number of carbonyl (C=O) groups excluding carboxylic acids is 1. The van der Waals surface area contributed by atoms with Crippen LogP contribution in [0, 0.1) is 0 Å². The van der Waals surface area contributed by atoms with Gasteiger partial charge < -0.3 is 14.8 Å². The molecular formula is C20H19NO3S. The first-order chi connectivity index (χ1) is 12.2. The maximum atomic E-state index is 12.9. The van der Waals surface area contributed by atoms with Crippen molar-refractivity contribution in [3.63, 3.8) is 0 Å². The van der Waals surface area contributed by atoms with Crippen molar-refractivity contribution in [2.24, 2.45) is 0 Å². The van der Waals surface area contributed by atoms with Crippen molar-refractivity contribution < 1.29 is 14.3 Å². The van der Waals surface area contributed by atoms with Crippen molar-refractivity contribution in [3.05, 3.63) is 82.0 Å². The first-order valence-corrected chi connectivity index (χ1v) is 8.72. The molecule has 5 heteroatoms. The molecule has 3 rings (SSSR count). The molecular weight excluding hydrogens is 334 g/mol. The molecule has 0 aliphatic heterocycles. The van der Waals surface area contributed by atoms with E-state index in [2.05, 4.69) is 5.32 Å². The summed E-state index contributed by atoms with van der Waals surface area (Å²) in [6.45, 7) is 0. The zero-order valence-corrected chi connectivity index (χ0v) is 14.9. The van der Waals surface area contributed by atoms with Crippen LogP contribution in [0.2, 0.25) is 0 Å². The minimum Gasteiger partial charge on any atom is -0.497 e. The van der Waals surface area contributed by atoms with Crippen molar-refractivity contribution in [2.45, 2.75) is 6.04 Å². The number of nitrogens with one attached hydrogen (secondary N) is 1. The molecule has 0 saturated heterocycles. The Bertz CT molecular complexity index is 831. The highest BCUT2D eigenvalue weighted by atomic mass is 32.1. The van der Waals surface area contributed by atoms with E-state index in [-0.39, 0.29) is 11.9 Å². The minimum absolute atomic E-state index is 0.210. The van der Waals surface area contributed by atoms with Crippen LogP contribution in [0.15, 0.2) is 66.0 Å². The van der Waals surface area contributed by atoms with Gasteiger partial charge in [0.15, 0.2) is 0 Å². The summed E-state index contributed by atoms with van der Waals surface area (Å²) in [5.41, 5.74) is 1.47. The average molecular weight is 353 g/mol. The molecule has 3 aromatic rings. The number of thiophene rings is 1. The number of methoxy groups -OCH3 is 2. The van der Waals surface area contributed by atoms with E-state index in [0.29, 0.717) is 17.1 Å². The molecule has 0 bridgehead atoms. The van der Waals surface area contributed by atoms with Gasteiger partial charge in [0.1, 0.15) is 11.5 Å². The van der Waals surface area contributed by atoms with Crippen LogP contribution in [-0.4, -0.2) is 20.1 Å². The molecule has 1 N–H and O–H groups in total. The number of carbonyl (C=O) groups is 1. The molecule has 1 unspecified atom stereocenters. The van der Waals surface area contributed by atoms with Gasteiger partial charge in [-0.1, -0.05) is 36.4 Å². The Morgan fingerprint density at radius 3 is 2.44 bits per heavy atom. The summed E-state index contributed by atoms with van der Waals surface area (Å²) in [6.07, 6.45) is 0. The van der Waals surface area contributed by atoms with Crippen molar-refractivity contribution >= 4 is 17.2 Å². The Kier molecular flexibility index (Phi) is 5.36. The lowest BCUT2D eigenvalue weighted by atomic mass is 10.0. The summed E-state index contributed by atoms with van der Waals surface area (Å²) in [5, 5.41) is 5.12. The number of hydrogen-bond acceptors (Lipinski definition) is 4. The van der Waals surface area contributed by atoms with E-state index in [4.69, 9.17) is 9.47 Å². The number of amides is 1. The molecule has 128 valence electrons. The van der Waals surface area contributed by atoms with E-state index in [1.807, 2.05) is 47.8 Å². The van der Waals surface area contributed by atoms with Crippen molar-refractivity contribution in [1.29, 1.82) is 0 Å². The van der Waals surface area contributed by atoms with Crippen LogP contribution < -0.4 is 14.8 Å². The van der Waals surface area contributed by atoms with Gasteiger partial charge in [-0.3, -0.25) is 4.79 Å². The SMILES string of the molecule is COc1ccc(OC)c(C(=O)NC(c2ccccc2)c2cccs2)c1. The lowest BCUT2D eigenvalue weighted by Gasteiger charge is -2.19. The van der Waals surface area contributed by atoms with Crippen molar-refractivity contribution in [1.82, 2.24) is 5.32 Å². The number of benzene rings is 2. The molecule has 1 aromatic heterocycles. The maximum absolute atomic E-state index is 12.9. The van der Waals surface area contributed by atoms with E-state index >= 15 is 0 Å². The molecule has 0 fully saturated rings. The number of rotatable bonds is 6. The third-order valence-electron chi connectivity index (χ3n) is 3.89. The van der Waals surface area contributed by atoms with Gasteiger partial charge in [0.2, 0.25) is 0 Å². The summed E-state index contributed by atoms with van der Waals surface area (Å²) in [5.74, 6) is 0.910. The normalized spacial score (nSPS) is 11.6. The van der Waals surface area contributed by atoms with Gasteiger partial charge in [-0.2, -0.15) is 0 Å². The predicted octanol–water partition coefficient (Wildman–Crippen LogP) is 4.28. The molecule has 1 heterocycles. The lowest BCUT2D eigenvalue weighted by Crippen LogP contribution is -2.29.